The number of rotatable bonds is 9. The van der Waals surface area contributed by atoms with Gasteiger partial charge in [-0.3, -0.25) is 9.80 Å². The van der Waals surface area contributed by atoms with Gasteiger partial charge in [-0.05, 0) is 69.0 Å². The van der Waals surface area contributed by atoms with Crippen molar-refractivity contribution in [3.05, 3.63) is 35.5 Å². The van der Waals surface area contributed by atoms with Gasteiger partial charge in [0.05, 0.1) is 6.61 Å². The highest BCUT2D eigenvalue weighted by Gasteiger charge is 2.24. The van der Waals surface area contributed by atoms with Crippen molar-refractivity contribution in [2.45, 2.75) is 44.9 Å². The molecule has 1 atom stereocenters. The average Bonchev–Trinajstić information content (AvgIpc) is 3.43. The second kappa shape index (κ2) is 9.20. The molecule has 5 nitrogen and oxygen atoms in total. The van der Waals surface area contributed by atoms with Crippen LogP contribution in [0.1, 0.15) is 49.6 Å². The number of nitrogens with one attached hydrogen (secondary N) is 1. The first kappa shape index (κ1) is 18.9. The third-order valence-electron chi connectivity index (χ3n) is 5.82. The van der Waals surface area contributed by atoms with Gasteiger partial charge in [0.15, 0.2) is 0 Å². The van der Waals surface area contributed by atoms with Crippen molar-refractivity contribution in [3.63, 3.8) is 0 Å². The molecule has 0 unspecified atom stereocenters. The maximum absolute atomic E-state index is 6.31. The van der Waals surface area contributed by atoms with Gasteiger partial charge in [0.1, 0.15) is 6.23 Å². The molecule has 2 saturated heterocycles. The Bertz CT molecular complexity index is 717. The van der Waals surface area contributed by atoms with Crippen LogP contribution in [-0.4, -0.2) is 61.3 Å². The van der Waals surface area contributed by atoms with Crippen molar-refractivity contribution in [2.75, 3.05) is 46.5 Å². The lowest BCUT2D eigenvalue weighted by molar-refractivity contribution is -0.0565. The van der Waals surface area contributed by atoms with Gasteiger partial charge in [0, 0.05) is 49.9 Å². The summed E-state index contributed by atoms with van der Waals surface area (Å²) in [5.41, 5.74) is 3.82. The highest BCUT2D eigenvalue weighted by atomic mass is 16.5. The summed E-state index contributed by atoms with van der Waals surface area (Å²) in [7, 11) is 1.75. The highest BCUT2D eigenvalue weighted by molar-refractivity contribution is 5.81. The maximum Gasteiger partial charge on any atom is 0.136 e. The number of likely N-dealkylation sites (tertiary alicyclic amines) is 2. The van der Waals surface area contributed by atoms with Crippen LogP contribution in [0.4, 0.5) is 0 Å². The normalized spacial score (nSPS) is 20.0. The van der Waals surface area contributed by atoms with Gasteiger partial charge in [-0.1, -0.05) is 6.07 Å². The Morgan fingerprint density at radius 1 is 1.00 bits per heavy atom. The number of ether oxygens (including phenoxy) is 2. The number of nitrogens with zero attached hydrogens (tertiary/aromatic N) is 2. The summed E-state index contributed by atoms with van der Waals surface area (Å²) >= 11 is 0. The van der Waals surface area contributed by atoms with Crippen molar-refractivity contribution in [1.82, 2.24) is 14.8 Å². The van der Waals surface area contributed by atoms with E-state index < -0.39 is 0 Å². The summed E-state index contributed by atoms with van der Waals surface area (Å²) < 4.78 is 11.5. The van der Waals surface area contributed by atoms with Gasteiger partial charge in [-0.2, -0.15) is 0 Å². The zero-order chi connectivity index (χ0) is 18.5. The Kier molecular flexibility index (Phi) is 6.45. The monoisotopic (exact) mass is 371 g/mol. The summed E-state index contributed by atoms with van der Waals surface area (Å²) in [5.74, 6) is 0. The topological polar surface area (TPSA) is 40.7 Å². The van der Waals surface area contributed by atoms with Gasteiger partial charge in [-0.25, -0.2) is 0 Å². The van der Waals surface area contributed by atoms with E-state index in [1.54, 1.807) is 7.11 Å². The van der Waals surface area contributed by atoms with Crippen molar-refractivity contribution >= 4 is 10.9 Å². The molecule has 2 aliphatic rings. The van der Waals surface area contributed by atoms with Crippen molar-refractivity contribution in [2.24, 2.45) is 0 Å². The second-order valence-corrected chi connectivity index (χ2v) is 7.94. The molecule has 2 aliphatic heterocycles. The van der Waals surface area contributed by atoms with Gasteiger partial charge in [-0.15, -0.1) is 0 Å². The standard InChI is InChI=1S/C22H33N3O2/c1-26-13-6-14-27-22(25-11-4-5-12-25)18-7-8-21-19(15-18)16-20(23-21)17-24-9-2-3-10-24/h7-8,15-16,22-23H,2-6,9-14,17H2,1H3/t22-/m1/s1. The average molecular weight is 372 g/mol. The van der Waals surface area contributed by atoms with Crippen LogP contribution in [0, 0.1) is 0 Å². The SMILES string of the molecule is COCCCO[C@H](c1ccc2[nH]c(CN3CCCC3)cc2c1)N1CCCC1. The number of fused-ring (bicyclic) bond motifs is 1. The molecule has 1 aromatic heterocycles. The summed E-state index contributed by atoms with van der Waals surface area (Å²) in [6, 6.07) is 9.10. The predicted molar refractivity (Wildman–Crippen MR) is 109 cm³/mol. The molecule has 5 heteroatoms. The first-order valence-corrected chi connectivity index (χ1v) is 10.5. The highest BCUT2D eigenvalue weighted by Crippen LogP contribution is 2.29. The molecular formula is C22H33N3O2. The zero-order valence-electron chi connectivity index (χ0n) is 16.6. The van der Waals surface area contributed by atoms with Crippen LogP contribution in [0.5, 0.6) is 0 Å². The summed E-state index contributed by atoms with van der Waals surface area (Å²) in [4.78, 5) is 8.62. The van der Waals surface area contributed by atoms with Gasteiger partial charge in [0.2, 0.25) is 0 Å². The molecule has 1 aromatic carbocycles. The van der Waals surface area contributed by atoms with E-state index in [9.17, 15) is 0 Å². The molecule has 0 saturated carbocycles. The van der Waals surface area contributed by atoms with E-state index in [2.05, 4.69) is 39.0 Å². The number of H-pyrrole nitrogens is 1. The third-order valence-corrected chi connectivity index (χ3v) is 5.82. The lowest BCUT2D eigenvalue weighted by atomic mass is 10.1. The third kappa shape index (κ3) is 4.72. The minimum Gasteiger partial charge on any atom is -0.385 e. The molecule has 1 N–H and O–H groups in total. The molecule has 0 spiro atoms. The Morgan fingerprint density at radius 3 is 2.56 bits per heavy atom. The van der Waals surface area contributed by atoms with Crippen LogP contribution in [0.25, 0.3) is 10.9 Å². The van der Waals surface area contributed by atoms with Crippen LogP contribution in [0.3, 0.4) is 0 Å². The van der Waals surface area contributed by atoms with Crippen LogP contribution >= 0.6 is 0 Å². The predicted octanol–water partition coefficient (Wildman–Crippen LogP) is 3.91. The lowest BCUT2D eigenvalue weighted by Gasteiger charge is -2.28. The second-order valence-electron chi connectivity index (χ2n) is 7.94. The molecule has 0 amide bonds. The van der Waals surface area contributed by atoms with E-state index in [0.717, 1.165) is 39.3 Å². The van der Waals surface area contributed by atoms with Crippen molar-refractivity contribution in [3.8, 4) is 0 Å². The number of hydrogen-bond acceptors (Lipinski definition) is 4. The molecule has 2 fully saturated rings. The van der Waals surface area contributed by atoms with E-state index in [4.69, 9.17) is 9.47 Å². The first-order valence-electron chi connectivity index (χ1n) is 10.5. The molecule has 148 valence electrons. The fraction of sp³-hybridized carbons (Fsp3) is 0.636. The number of benzene rings is 1. The molecule has 0 aliphatic carbocycles. The van der Waals surface area contributed by atoms with E-state index in [1.165, 1.54) is 60.9 Å². The Hall–Kier alpha value is -1.40. The van der Waals surface area contributed by atoms with Crippen molar-refractivity contribution < 1.29 is 9.47 Å². The fourth-order valence-corrected chi connectivity index (χ4v) is 4.42. The first-order chi connectivity index (χ1) is 13.3. The molecule has 27 heavy (non-hydrogen) atoms. The summed E-state index contributed by atoms with van der Waals surface area (Å²) in [6.07, 6.45) is 6.21. The lowest BCUT2D eigenvalue weighted by Crippen LogP contribution is -2.28. The number of hydrogen-bond donors (Lipinski definition) is 1. The summed E-state index contributed by atoms with van der Waals surface area (Å²) in [6.45, 7) is 7.23. The van der Waals surface area contributed by atoms with Crippen LogP contribution in [-0.2, 0) is 16.0 Å². The quantitative estimate of drug-likeness (QED) is 0.679. The van der Waals surface area contributed by atoms with E-state index >= 15 is 0 Å². The van der Waals surface area contributed by atoms with Gasteiger partial charge < -0.3 is 14.5 Å². The van der Waals surface area contributed by atoms with Crippen LogP contribution in [0.15, 0.2) is 24.3 Å². The number of aromatic amines is 1. The number of methoxy groups -OCH3 is 1. The van der Waals surface area contributed by atoms with E-state index in [0.29, 0.717) is 0 Å². The van der Waals surface area contributed by atoms with Crippen molar-refractivity contribution in [1.29, 1.82) is 0 Å². The Morgan fingerprint density at radius 2 is 1.78 bits per heavy atom. The van der Waals surface area contributed by atoms with E-state index in [1.807, 2.05) is 0 Å². The minimum absolute atomic E-state index is 0.0608. The van der Waals surface area contributed by atoms with Gasteiger partial charge >= 0.3 is 0 Å². The van der Waals surface area contributed by atoms with E-state index in [-0.39, 0.29) is 6.23 Å². The zero-order valence-corrected chi connectivity index (χ0v) is 16.6. The molecule has 2 aromatic rings. The van der Waals surface area contributed by atoms with Gasteiger partial charge in [0.25, 0.3) is 0 Å². The molecule has 0 radical (unpaired) electrons. The molecular weight excluding hydrogens is 338 g/mol. The smallest absolute Gasteiger partial charge is 0.136 e. The maximum atomic E-state index is 6.31. The summed E-state index contributed by atoms with van der Waals surface area (Å²) in [5, 5.41) is 1.30. The van der Waals surface area contributed by atoms with Crippen LogP contribution in [0.2, 0.25) is 0 Å². The fourth-order valence-electron chi connectivity index (χ4n) is 4.42. The molecule has 3 heterocycles. The van der Waals surface area contributed by atoms with Crippen LogP contribution < -0.4 is 0 Å². The molecule has 4 rings (SSSR count). The Balaban J connectivity index is 1.49. The minimum atomic E-state index is 0.0608. The number of aromatic nitrogens is 1. The molecule has 0 bridgehead atoms. The Labute approximate surface area is 162 Å². The largest absolute Gasteiger partial charge is 0.385 e.